The second-order valence-electron chi connectivity index (χ2n) is 8.56. The van der Waals surface area contributed by atoms with E-state index < -0.39 is 5.60 Å². The third-order valence-electron chi connectivity index (χ3n) is 6.62. The van der Waals surface area contributed by atoms with Gasteiger partial charge in [0.2, 0.25) is 5.89 Å². The van der Waals surface area contributed by atoms with Crippen molar-refractivity contribution in [2.75, 3.05) is 0 Å². The van der Waals surface area contributed by atoms with Crippen molar-refractivity contribution in [1.82, 2.24) is 10.2 Å². The van der Waals surface area contributed by atoms with E-state index in [4.69, 9.17) is 16.6 Å². The second-order valence-corrected chi connectivity index (χ2v) is 8.93. The van der Waals surface area contributed by atoms with Crippen LogP contribution in [0.4, 0.5) is 0 Å². The molecule has 5 heteroatoms. The van der Waals surface area contributed by atoms with E-state index >= 15 is 0 Å². The van der Waals surface area contributed by atoms with Crippen LogP contribution in [0.25, 0.3) is 0 Å². The lowest BCUT2D eigenvalue weighted by atomic mass is 9.45. The highest BCUT2D eigenvalue weighted by molar-refractivity contribution is 7.71. The van der Waals surface area contributed by atoms with Crippen LogP contribution in [0.15, 0.2) is 4.42 Å². The summed E-state index contributed by atoms with van der Waals surface area (Å²) in [6.07, 6.45) is 6.31. The molecule has 1 aromatic rings. The Morgan fingerprint density at radius 3 is 2.64 bits per heavy atom. The molecule has 0 saturated heterocycles. The average molecular weight is 324 g/mol. The fraction of sp³-hybridized carbons (Fsp3) is 0.882. The van der Waals surface area contributed by atoms with Gasteiger partial charge in [-0.3, -0.25) is 0 Å². The Bertz CT molecular complexity index is 604. The molecule has 0 aromatic carbocycles. The second kappa shape index (κ2) is 5.17. The normalized spacial score (nSPS) is 41.1. The van der Waals surface area contributed by atoms with Crippen LogP contribution in [0.1, 0.15) is 65.7 Å². The number of aromatic amines is 1. The van der Waals surface area contributed by atoms with Crippen LogP contribution in [0, 0.1) is 27.5 Å². The van der Waals surface area contributed by atoms with E-state index in [2.05, 4.69) is 31.0 Å². The first-order valence-electron chi connectivity index (χ1n) is 8.42. The van der Waals surface area contributed by atoms with Crippen LogP contribution in [-0.4, -0.2) is 20.9 Å². The van der Waals surface area contributed by atoms with Gasteiger partial charge in [0.1, 0.15) is 0 Å². The van der Waals surface area contributed by atoms with Crippen molar-refractivity contribution in [3.8, 4) is 0 Å². The predicted octanol–water partition coefficient (Wildman–Crippen LogP) is 4.27. The molecule has 0 bridgehead atoms. The fourth-order valence-corrected chi connectivity index (χ4v) is 5.74. The SMILES string of the molecule is CC1(C)CCC[C@]2(C)[C@@H](Cc3n[nH]c(=S)o3)[C@](C)(O)CC[C@@H]12. The number of nitrogens with one attached hydrogen (secondary N) is 1. The average Bonchev–Trinajstić information content (AvgIpc) is 2.78. The molecule has 0 amide bonds. The first-order chi connectivity index (χ1) is 10.2. The molecule has 2 fully saturated rings. The number of fused-ring (bicyclic) bond motifs is 1. The highest BCUT2D eigenvalue weighted by Crippen LogP contribution is 2.62. The van der Waals surface area contributed by atoms with Gasteiger partial charge in [0.15, 0.2) is 0 Å². The third-order valence-corrected chi connectivity index (χ3v) is 6.80. The van der Waals surface area contributed by atoms with Gasteiger partial charge in [0.25, 0.3) is 4.84 Å². The van der Waals surface area contributed by atoms with Crippen LogP contribution in [0.3, 0.4) is 0 Å². The Kier molecular flexibility index (Phi) is 3.80. The van der Waals surface area contributed by atoms with E-state index in [1.54, 1.807) is 0 Å². The minimum absolute atomic E-state index is 0.125. The molecule has 0 radical (unpaired) electrons. The largest absolute Gasteiger partial charge is 0.414 e. The molecule has 0 aliphatic heterocycles. The Hall–Kier alpha value is -0.680. The molecule has 2 aliphatic rings. The standard InChI is InChI=1S/C17H28N2O2S/c1-15(2)7-5-8-16(3)11(15)6-9-17(4,20)12(16)10-13-18-19-14(22)21-13/h11-12,20H,5-10H2,1-4H3,(H,19,22)/t11-,12+,16-,17+/m0/s1. The minimum Gasteiger partial charge on any atom is -0.414 e. The number of aromatic nitrogens is 2. The summed E-state index contributed by atoms with van der Waals surface area (Å²) in [6, 6.07) is 0. The molecule has 124 valence electrons. The summed E-state index contributed by atoms with van der Waals surface area (Å²) in [7, 11) is 0. The first kappa shape index (κ1) is 16.2. The summed E-state index contributed by atoms with van der Waals surface area (Å²) in [6.45, 7) is 9.15. The number of hydrogen-bond acceptors (Lipinski definition) is 4. The molecular formula is C17H28N2O2S. The van der Waals surface area contributed by atoms with Crippen molar-refractivity contribution in [2.45, 2.75) is 71.8 Å². The van der Waals surface area contributed by atoms with Crippen molar-refractivity contribution >= 4 is 12.2 Å². The van der Waals surface area contributed by atoms with E-state index in [1.807, 2.05) is 6.92 Å². The van der Waals surface area contributed by atoms with Gasteiger partial charge in [0, 0.05) is 12.3 Å². The predicted molar refractivity (Wildman–Crippen MR) is 88.0 cm³/mol. The van der Waals surface area contributed by atoms with E-state index in [-0.39, 0.29) is 11.3 Å². The van der Waals surface area contributed by atoms with Crippen molar-refractivity contribution in [3.05, 3.63) is 10.7 Å². The molecule has 4 nitrogen and oxygen atoms in total. The van der Waals surface area contributed by atoms with Crippen molar-refractivity contribution in [3.63, 3.8) is 0 Å². The molecular weight excluding hydrogens is 296 g/mol. The molecule has 2 aliphatic carbocycles. The quantitative estimate of drug-likeness (QED) is 0.798. The van der Waals surface area contributed by atoms with E-state index in [1.165, 1.54) is 19.3 Å². The third kappa shape index (κ3) is 2.56. The summed E-state index contributed by atoms with van der Waals surface area (Å²) in [5, 5.41) is 17.9. The summed E-state index contributed by atoms with van der Waals surface area (Å²) in [4.78, 5) is 0.316. The van der Waals surface area contributed by atoms with Gasteiger partial charge in [-0.1, -0.05) is 27.2 Å². The molecule has 2 N–H and O–H groups in total. The molecule has 22 heavy (non-hydrogen) atoms. The Labute approximate surface area is 137 Å². The van der Waals surface area contributed by atoms with Crippen LogP contribution in [-0.2, 0) is 6.42 Å². The minimum atomic E-state index is -0.672. The zero-order chi connectivity index (χ0) is 16.2. The summed E-state index contributed by atoms with van der Waals surface area (Å²) >= 11 is 4.99. The highest BCUT2D eigenvalue weighted by atomic mass is 32.1. The number of nitrogens with zero attached hydrogens (tertiary/aromatic N) is 1. The number of H-pyrrole nitrogens is 1. The van der Waals surface area contributed by atoms with Crippen LogP contribution >= 0.6 is 12.2 Å². The molecule has 1 heterocycles. The number of rotatable bonds is 2. The van der Waals surface area contributed by atoms with E-state index in [0.29, 0.717) is 28.5 Å². The maximum Gasteiger partial charge on any atom is 0.284 e. The molecule has 0 unspecified atom stereocenters. The smallest absolute Gasteiger partial charge is 0.284 e. The number of aliphatic hydroxyl groups is 1. The van der Waals surface area contributed by atoms with Gasteiger partial charge in [-0.05, 0) is 61.6 Å². The van der Waals surface area contributed by atoms with Gasteiger partial charge in [-0.25, -0.2) is 5.10 Å². The zero-order valence-electron chi connectivity index (χ0n) is 14.1. The molecule has 2 saturated carbocycles. The molecule has 1 aromatic heterocycles. The maximum atomic E-state index is 11.1. The van der Waals surface area contributed by atoms with Gasteiger partial charge in [-0.15, -0.1) is 5.10 Å². The molecule has 4 atom stereocenters. The summed E-state index contributed by atoms with van der Waals surface area (Å²) < 4.78 is 5.49. The maximum absolute atomic E-state index is 11.1. The van der Waals surface area contributed by atoms with Crippen molar-refractivity contribution in [1.29, 1.82) is 0 Å². The molecule has 0 spiro atoms. The van der Waals surface area contributed by atoms with Gasteiger partial charge in [-0.2, -0.15) is 0 Å². The van der Waals surface area contributed by atoms with Crippen LogP contribution in [0.2, 0.25) is 0 Å². The highest BCUT2D eigenvalue weighted by Gasteiger charge is 2.58. The van der Waals surface area contributed by atoms with Crippen molar-refractivity contribution in [2.24, 2.45) is 22.7 Å². The van der Waals surface area contributed by atoms with E-state index in [9.17, 15) is 5.11 Å². The topological polar surface area (TPSA) is 62.0 Å². The lowest BCUT2D eigenvalue weighted by Gasteiger charge is -2.61. The molecule has 3 rings (SSSR count). The summed E-state index contributed by atoms with van der Waals surface area (Å²) in [5.74, 6) is 1.42. The zero-order valence-corrected chi connectivity index (χ0v) is 14.9. The lowest BCUT2D eigenvalue weighted by molar-refractivity contribution is -0.167. The first-order valence-corrected chi connectivity index (χ1v) is 8.83. The fourth-order valence-electron chi connectivity index (χ4n) is 5.60. The van der Waals surface area contributed by atoms with Gasteiger partial charge >= 0.3 is 0 Å². The monoisotopic (exact) mass is 324 g/mol. The number of hydrogen-bond donors (Lipinski definition) is 2. The van der Waals surface area contributed by atoms with Crippen molar-refractivity contribution < 1.29 is 9.52 Å². The van der Waals surface area contributed by atoms with E-state index in [0.717, 1.165) is 12.8 Å². The Morgan fingerprint density at radius 1 is 1.27 bits per heavy atom. The van der Waals surface area contributed by atoms with Gasteiger partial charge < -0.3 is 9.52 Å². The van der Waals surface area contributed by atoms with Crippen LogP contribution in [0.5, 0.6) is 0 Å². The van der Waals surface area contributed by atoms with Gasteiger partial charge in [0.05, 0.1) is 5.60 Å². The Morgan fingerprint density at radius 2 is 2.00 bits per heavy atom. The lowest BCUT2D eigenvalue weighted by Crippen LogP contribution is -2.58. The Balaban J connectivity index is 1.97. The summed E-state index contributed by atoms with van der Waals surface area (Å²) in [5.41, 5.74) is -0.206. The van der Waals surface area contributed by atoms with Crippen LogP contribution < -0.4 is 0 Å².